The molecule has 0 saturated carbocycles. The van der Waals surface area contributed by atoms with Crippen molar-refractivity contribution in [2.45, 2.75) is 26.2 Å². The van der Waals surface area contributed by atoms with Gasteiger partial charge >= 0.3 is 12.1 Å². The molecule has 28 heavy (non-hydrogen) atoms. The number of aryl methyl sites for hydroxylation is 1. The van der Waals surface area contributed by atoms with E-state index in [0.717, 1.165) is 5.56 Å². The molecule has 8 nitrogen and oxygen atoms in total. The van der Waals surface area contributed by atoms with Crippen molar-refractivity contribution < 1.29 is 38.2 Å². The Hall–Kier alpha value is -2.97. The highest BCUT2D eigenvalue weighted by molar-refractivity contribution is 5.89. The van der Waals surface area contributed by atoms with Crippen LogP contribution >= 0.6 is 0 Å². The predicted octanol–water partition coefficient (Wildman–Crippen LogP) is 2.87. The van der Waals surface area contributed by atoms with E-state index in [1.807, 2.05) is 50.0 Å². The summed E-state index contributed by atoms with van der Waals surface area (Å²) in [6, 6.07) is 9.41. The fourth-order valence-corrected chi connectivity index (χ4v) is 2.48. The molecule has 150 valence electrons. The number of esters is 1. The molecular formula is C20H24NO7+. The van der Waals surface area contributed by atoms with E-state index in [4.69, 9.17) is 19.3 Å². The Labute approximate surface area is 163 Å². The van der Waals surface area contributed by atoms with Crippen LogP contribution in [0.4, 0.5) is 4.79 Å². The van der Waals surface area contributed by atoms with Crippen LogP contribution in [0.2, 0.25) is 0 Å². The highest BCUT2D eigenvalue weighted by atomic mass is 16.7. The molecule has 1 aliphatic rings. The van der Waals surface area contributed by atoms with Crippen LogP contribution in [0.25, 0.3) is 0 Å². The maximum atomic E-state index is 12.1. The number of carbonyl (C=O) groups is 2. The van der Waals surface area contributed by atoms with Crippen LogP contribution in [0.5, 0.6) is 5.75 Å². The normalized spacial score (nSPS) is 18.4. The zero-order valence-corrected chi connectivity index (χ0v) is 16.0. The second-order valence-corrected chi connectivity index (χ2v) is 5.72. The number of benzene rings is 1. The summed E-state index contributed by atoms with van der Waals surface area (Å²) in [5.74, 6) is -0.425. The van der Waals surface area contributed by atoms with Gasteiger partial charge in [-0.1, -0.05) is 13.8 Å². The molecule has 0 bridgehead atoms. The van der Waals surface area contributed by atoms with E-state index >= 15 is 0 Å². The zero-order chi connectivity index (χ0) is 20.5. The summed E-state index contributed by atoms with van der Waals surface area (Å²) >= 11 is 0. The monoisotopic (exact) mass is 390 g/mol. The molecule has 0 spiro atoms. The van der Waals surface area contributed by atoms with E-state index in [0.29, 0.717) is 0 Å². The molecule has 0 atom stereocenters. The van der Waals surface area contributed by atoms with Crippen molar-refractivity contribution in [1.29, 1.82) is 0 Å². The van der Waals surface area contributed by atoms with Gasteiger partial charge in [0.25, 0.3) is 0 Å². The second-order valence-electron chi connectivity index (χ2n) is 5.72. The summed E-state index contributed by atoms with van der Waals surface area (Å²) in [5.41, 5.74) is 1.16. The number of hydrogen-bond acceptors (Lipinski definition) is 6. The highest BCUT2D eigenvalue weighted by Crippen LogP contribution is 2.23. The molecule has 1 aromatic carbocycles. The van der Waals surface area contributed by atoms with E-state index < -0.39 is 24.5 Å². The van der Waals surface area contributed by atoms with E-state index in [9.17, 15) is 9.59 Å². The number of carboxylic acid groups (broad SMARTS) is 1. The lowest BCUT2D eigenvalue weighted by Crippen LogP contribution is -2.36. The average molecular weight is 390 g/mol. The number of rotatable bonds is 4. The molecule has 1 N–H and O–H groups in total. The van der Waals surface area contributed by atoms with Crippen molar-refractivity contribution in [1.82, 2.24) is 0 Å². The van der Waals surface area contributed by atoms with Gasteiger partial charge in [0.15, 0.2) is 18.7 Å². The Morgan fingerprint density at radius 3 is 2.32 bits per heavy atom. The molecule has 0 amide bonds. The predicted molar refractivity (Wildman–Crippen MR) is 97.9 cm³/mol. The van der Waals surface area contributed by atoms with Gasteiger partial charge in [0.05, 0.1) is 24.3 Å². The molecule has 2 aromatic rings. The molecule has 1 aromatic heterocycles. The minimum absolute atomic E-state index is 0.122. The lowest BCUT2D eigenvalue weighted by atomic mass is 10.2. The lowest BCUT2D eigenvalue weighted by molar-refractivity contribution is -0.672. The first-order valence-electron chi connectivity index (χ1n) is 8.91. The van der Waals surface area contributed by atoms with Gasteiger partial charge in [-0.05, 0) is 30.3 Å². The standard InChI is InChI=1S/C18H17NO7.C2H6/c1-19-8-2-3-13(9-19)17-23-10-15(11-24-17)25-16(20)12-4-6-14(7-5-12)26-18(21)22;1-2/h2-9,15,17H,10-11H2,1H3;1-2H3/p+1. The first-order valence-corrected chi connectivity index (χ1v) is 8.91. The summed E-state index contributed by atoms with van der Waals surface area (Å²) in [6.07, 6.45) is 1.37. The largest absolute Gasteiger partial charge is 0.511 e. The summed E-state index contributed by atoms with van der Waals surface area (Å²) in [5, 5.41) is 8.54. The third kappa shape index (κ3) is 6.04. The van der Waals surface area contributed by atoms with Gasteiger partial charge in [0.1, 0.15) is 18.9 Å². The summed E-state index contributed by atoms with van der Waals surface area (Å²) in [4.78, 5) is 22.6. The van der Waals surface area contributed by atoms with Crippen LogP contribution in [0.1, 0.15) is 36.1 Å². The van der Waals surface area contributed by atoms with E-state index in [2.05, 4.69) is 4.74 Å². The third-order valence-corrected chi connectivity index (χ3v) is 3.67. The maximum absolute atomic E-state index is 12.1. The fraction of sp³-hybridized carbons (Fsp3) is 0.350. The van der Waals surface area contributed by atoms with Crippen molar-refractivity contribution in [3.05, 3.63) is 59.9 Å². The van der Waals surface area contributed by atoms with Crippen molar-refractivity contribution in [2.24, 2.45) is 7.05 Å². The van der Waals surface area contributed by atoms with Crippen LogP contribution in [-0.2, 0) is 21.3 Å². The van der Waals surface area contributed by atoms with Crippen molar-refractivity contribution in [3.8, 4) is 5.75 Å². The van der Waals surface area contributed by atoms with Gasteiger partial charge in [-0.25, -0.2) is 14.2 Å². The summed E-state index contributed by atoms with van der Waals surface area (Å²) < 4.78 is 23.0. The minimum atomic E-state index is -1.42. The van der Waals surface area contributed by atoms with Gasteiger partial charge in [0.2, 0.25) is 0 Å². The smallest absolute Gasteiger partial charge is 0.454 e. The first kappa shape index (κ1) is 21.3. The molecule has 1 saturated heterocycles. The number of hydrogen-bond donors (Lipinski definition) is 1. The van der Waals surface area contributed by atoms with E-state index in [-0.39, 0.29) is 24.5 Å². The molecule has 0 radical (unpaired) electrons. The van der Waals surface area contributed by atoms with Crippen LogP contribution in [-0.4, -0.2) is 36.5 Å². The zero-order valence-electron chi connectivity index (χ0n) is 16.0. The molecule has 1 aliphatic heterocycles. The average Bonchev–Trinajstić information content (AvgIpc) is 2.70. The topological polar surface area (TPSA) is 95.2 Å². The molecule has 8 heteroatoms. The van der Waals surface area contributed by atoms with Crippen molar-refractivity contribution in [2.75, 3.05) is 13.2 Å². The molecule has 1 fully saturated rings. The van der Waals surface area contributed by atoms with Gasteiger partial charge < -0.3 is 24.1 Å². The van der Waals surface area contributed by atoms with Crippen LogP contribution in [0, 0.1) is 0 Å². The van der Waals surface area contributed by atoms with Crippen LogP contribution < -0.4 is 9.30 Å². The highest BCUT2D eigenvalue weighted by Gasteiger charge is 2.27. The quantitative estimate of drug-likeness (QED) is 0.487. The van der Waals surface area contributed by atoms with Gasteiger partial charge in [-0.2, -0.15) is 0 Å². The summed E-state index contributed by atoms with van der Waals surface area (Å²) in [6.45, 7) is 4.43. The van der Waals surface area contributed by atoms with Crippen LogP contribution in [0.3, 0.4) is 0 Å². The maximum Gasteiger partial charge on any atom is 0.511 e. The fourth-order valence-electron chi connectivity index (χ4n) is 2.48. The van der Waals surface area contributed by atoms with Crippen molar-refractivity contribution >= 4 is 12.1 Å². The minimum Gasteiger partial charge on any atom is -0.454 e. The Morgan fingerprint density at radius 1 is 1.11 bits per heavy atom. The molecule has 3 rings (SSSR count). The number of carbonyl (C=O) groups excluding carboxylic acids is 1. The molecule has 0 aliphatic carbocycles. The van der Waals surface area contributed by atoms with E-state index in [1.54, 1.807) is 0 Å². The number of aromatic nitrogens is 1. The second kappa shape index (κ2) is 10.4. The first-order chi connectivity index (χ1) is 13.5. The van der Waals surface area contributed by atoms with Crippen LogP contribution in [0.15, 0.2) is 48.8 Å². The van der Waals surface area contributed by atoms with Gasteiger partial charge in [0, 0.05) is 6.07 Å². The molecular weight excluding hydrogens is 366 g/mol. The molecule has 2 heterocycles. The number of pyridine rings is 1. The SMILES string of the molecule is CC.C[n+]1cccc(C2OCC(OC(=O)c3ccc(OC(=O)O)cc3)CO2)c1. The Bertz CT molecular complexity index is 783. The summed E-state index contributed by atoms with van der Waals surface area (Å²) in [7, 11) is 1.91. The van der Waals surface area contributed by atoms with Crippen molar-refractivity contribution in [3.63, 3.8) is 0 Å². The van der Waals surface area contributed by atoms with Gasteiger partial charge in [-0.3, -0.25) is 0 Å². The van der Waals surface area contributed by atoms with E-state index in [1.165, 1.54) is 24.3 Å². The number of nitrogens with zero attached hydrogens (tertiary/aromatic N) is 1. The third-order valence-electron chi connectivity index (χ3n) is 3.67. The number of ether oxygens (including phenoxy) is 4. The Morgan fingerprint density at radius 2 is 1.75 bits per heavy atom. The molecule has 0 unspecified atom stereocenters. The lowest BCUT2D eigenvalue weighted by Gasteiger charge is -2.28. The Kier molecular flexibility index (Phi) is 7.91. The Balaban J connectivity index is 0.00000136. The van der Waals surface area contributed by atoms with Gasteiger partial charge in [-0.15, -0.1) is 0 Å².